The lowest BCUT2D eigenvalue weighted by Crippen LogP contribution is -2.10. The van der Waals surface area contributed by atoms with Crippen molar-refractivity contribution < 1.29 is 9.90 Å². The van der Waals surface area contributed by atoms with E-state index in [2.05, 4.69) is 13.8 Å². The summed E-state index contributed by atoms with van der Waals surface area (Å²) in [5.74, 6) is -0.151. The molecule has 0 bridgehead atoms. The van der Waals surface area contributed by atoms with Crippen LogP contribution in [0, 0.1) is 11.8 Å². The molecule has 108 valence electrons. The largest absolute Gasteiger partial charge is 0.481 e. The number of hydrogen-bond acceptors (Lipinski definition) is 1. The SMILES string of the molecule is CCCCCCCCCC(C)CCC(C)C(=O)O. The van der Waals surface area contributed by atoms with Gasteiger partial charge in [0, 0.05) is 0 Å². The first-order valence-corrected chi connectivity index (χ1v) is 7.80. The highest BCUT2D eigenvalue weighted by Crippen LogP contribution is 2.19. The molecule has 18 heavy (non-hydrogen) atoms. The van der Waals surface area contributed by atoms with Gasteiger partial charge in [-0.1, -0.05) is 72.1 Å². The van der Waals surface area contributed by atoms with Gasteiger partial charge < -0.3 is 5.11 Å². The van der Waals surface area contributed by atoms with Crippen molar-refractivity contribution in [1.82, 2.24) is 0 Å². The molecule has 0 heterocycles. The van der Waals surface area contributed by atoms with Crippen molar-refractivity contribution in [1.29, 1.82) is 0 Å². The molecule has 0 amide bonds. The molecule has 0 radical (unpaired) electrons. The quantitative estimate of drug-likeness (QED) is 0.483. The minimum absolute atomic E-state index is 0.179. The van der Waals surface area contributed by atoms with Crippen molar-refractivity contribution in [2.24, 2.45) is 11.8 Å². The Morgan fingerprint density at radius 2 is 1.44 bits per heavy atom. The summed E-state index contributed by atoms with van der Waals surface area (Å²) < 4.78 is 0. The van der Waals surface area contributed by atoms with Crippen LogP contribution in [0.25, 0.3) is 0 Å². The Bertz CT molecular complexity index is 201. The molecule has 0 fully saturated rings. The van der Waals surface area contributed by atoms with Crippen LogP contribution in [-0.4, -0.2) is 11.1 Å². The number of hydrogen-bond donors (Lipinski definition) is 1. The summed E-state index contributed by atoms with van der Waals surface area (Å²) >= 11 is 0. The van der Waals surface area contributed by atoms with Gasteiger partial charge in [0.1, 0.15) is 0 Å². The highest BCUT2D eigenvalue weighted by Gasteiger charge is 2.12. The Morgan fingerprint density at radius 1 is 0.889 bits per heavy atom. The molecule has 0 aromatic heterocycles. The lowest BCUT2D eigenvalue weighted by molar-refractivity contribution is -0.141. The molecular formula is C16H32O2. The van der Waals surface area contributed by atoms with Crippen LogP contribution in [0.3, 0.4) is 0 Å². The Labute approximate surface area is 113 Å². The second-order valence-corrected chi connectivity index (χ2v) is 5.83. The van der Waals surface area contributed by atoms with Crippen LogP contribution >= 0.6 is 0 Å². The molecule has 0 rings (SSSR count). The topological polar surface area (TPSA) is 37.3 Å². The zero-order valence-corrected chi connectivity index (χ0v) is 12.6. The second kappa shape index (κ2) is 11.6. The van der Waals surface area contributed by atoms with E-state index in [1.165, 1.54) is 51.4 Å². The van der Waals surface area contributed by atoms with Crippen molar-refractivity contribution in [3.05, 3.63) is 0 Å². The molecule has 1 N–H and O–H groups in total. The van der Waals surface area contributed by atoms with Crippen LogP contribution in [-0.2, 0) is 4.79 Å². The fourth-order valence-corrected chi connectivity index (χ4v) is 2.25. The summed E-state index contributed by atoms with van der Waals surface area (Å²) in [5, 5.41) is 8.81. The summed E-state index contributed by atoms with van der Waals surface area (Å²) in [6.45, 7) is 6.31. The predicted octanol–water partition coefficient (Wildman–Crippen LogP) is 5.26. The van der Waals surface area contributed by atoms with Gasteiger partial charge in [0.15, 0.2) is 0 Å². The highest BCUT2D eigenvalue weighted by molar-refractivity contribution is 5.69. The summed E-state index contributed by atoms with van der Waals surface area (Å²) in [6.07, 6.45) is 12.7. The van der Waals surface area contributed by atoms with Crippen LogP contribution in [0.5, 0.6) is 0 Å². The third-order valence-electron chi connectivity index (χ3n) is 3.81. The molecule has 0 saturated heterocycles. The summed E-state index contributed by atoms with van der Waals surface area (Å²) in [5.41, 5.74) is 0. The van der Waals surface area contributed by atoms with E-state index in [0.717, 1.165) is 12.8 Å². The Morgan fingerprint density at radius 3 is 2.00 bits per heavy atom. The standard InChI is InChI=1S/C16H32O2/c1-4-5-6-7-8-9-10-11-14(2)12-13-15(3)16(17)18/h14-15H,4-13H2,1-3H3,(H,17,18). The van der Waals surface area contributed by atoms with Gasteiger partial charge in [-0.15, -0.1) is 0 Å². The van der Waals surface area contributed by atoms with E-state index in [9.17, 15) is 4.79 Å². The first-order chi connectivity index (χ1) is 8.57. The van der Waals surface area contributed by atoms with Crippen LogP contribution in [0.4, 0.5) is 0 Å². The van der Waals surface area contributed by atoms with Crippen molar-refractivity contribution in [3.8, 4) is 0 Å². The first-order valence-electron chi connectivity index (χ1n) is 7.80. The molecule has 2 unspecified atom stereocenters. The van der Waals surface area contributed by atoms with Crippen LogP contribution in [0.2, 0.25) is 0 Å². The number of carboxylic acids is 1. The molecule has 0 aromatic rings. The average Bonchev–Trinajstić information content (AvgIpc) is 2.34. The minimum Gasteiger partial charge on any atom is -0.481 e. The maximum atomic E-state index is 10.7. The molecule has 2 heteroatoms. The van der Waals surface area contributed by atoms with E-state index in [-0.39, 0.29) is 5.92 Å². The highest BCUT2D eigenvalue weighted by atomic mass is 16.4. The Hall–Kier alpha value is -0.530. The molecule has 0 spiro atoms. The molecule has 2 atom stereocenters. The fraction of sp³-hybridized carbons (Fsp3) is 0.938. The van der Waals surface area contributed by atoms with Crippen molar-refractivity contribution in [2.75, 3.05) is 0 Å². The number of rotatable bonds is 12. The first kappa shape index (κ1) is 17.5. The maximum Gasteiger partial charge on any atom is 0.306 e. The average molecular weight is 256 g/mol. The maximum absolute atomic E-state index is 10.7. The lowest BCUT2D eigenvalue weighted by Gasteiger charge is -2.12. The van der Waals surface area contributed by atoms with Gasteiger partial charge in [-0.05, 0) is 18.8 Å². The van der Waals surface area contributed by atoms with E-state index in [1.807, 2.05) is 6.92 Å². The predicted molar refractivity (Wildman–Crippen MR) is 77.8 cm³/mol. The molecular weight excluding hydrogens is 224 g/mol. The van der Waals surface area contributed by atoms with Gasteiger partial charge in [-0.25, -0.2) is 0 Å². The summed E-state index contributed by atoms with van der Waals surface area (Å²) in [4.78, 5) is 10.7. The molecule has 2 nitrogen and oxygen atoms in total. The van der Waals surface area contributed by atoms with Gasteiger partial charge in [-0.2, -0.15) is 0 Å². The number of carbonyl (C=O) groups is 1. The molecule has 0 aromatic carbocycles. The van der Waals surface area contributed by atoms with E-state index < -0.39 is 5.97 Å². The molecule has 0 aliphatic heterocycles. The van der Waals surface area contributed by atoms with Gasteiger partial charge in [0.2, 0.25) is 0 Å². The third-order valence-corrected chi connectivity index (χ3v) is 3.81. The zero-order valence-electron chi connectivity index (χ0n) is 12.6. The van der Waals surface area contributed by atoms with Crippen molar-refractivity contribution in [3.63, 3.8) is 0 Å². The third kappa shape index (κ3) is 10.6. The Balaban J connectivity index is 3.31. The fourth-order valence-electron chi connectivity index (χ4n) is 2.25. The zero-order chi connectivity index (χ0) is 13.8. The lowest BCUT2D eigenvalue weighted by atomic mass is 9.93. The van der Waals surface area contributed by atoms with Crippen molar-refractivity contribution >= 4 is 5.97 Å². The summed E-state index contributed by atoms with van der Waals surface area (Å²) in [7, 11) is 0. The van der Waals surface area contributed by atoms with E-state index >= 15 is 0 Å². The molecule has 0 aliphatic rings. The Kier molecular flexibility index (Phi) is 11.2. The van der Waals surface area contributed by atoms with E-state index in [4.69, 9.17) is 5.11 Å². The number of aliphatic carboxylic acids is 1. The minimum atomic E-state index is -0.655. The smallest absolute Gasteiger partial charge is 0.306 e. The monoisotopic (exact) mass is 256 g/mol. The van der Waals surface area contributed by atoms with Gasteiger partial charge >= 0.3 is 5.97 Å². The summed E-state index contributed by atoms with van der Waals surface area (Å²) in [6, 6.07) is 0. The van der Waals surface area contributed by atoms with Gasteiger partial charge in [0.05, 0.1) is 5.92 Å². The van der Waals surface area contributed by atoms with Gasteiger partial charge in [-0.3, -0.25) is 4.79 Å². The number of carboxylic acid groups (broad SMARTS) is 1. The van der Waals surface area contributed by atoms with Gasteiger partial charge in [0.25, 0.3) is 0 Å². The molecule has 0 aliphatic carbocycles. The van der Waals surface area contributed by atoms with Crippen LogP contribution in [0.15, 0.2) is 0 Å². The number of unbranched alkanes of at least 4 members (excludes halogenated alkanes) is 6. The van der Waals surface area contributed by atoms with E-state index in [0.29, 0.717) is 5.92 Å². The van der Waals surface area contributed by atoms with Crippen molar-refractivity contribution in [2.45, 2.75) is 85.0 Å². The van der Waals surface area contributed by atoms with E-state index in [1.54, 1.807) is 0 Å². The second-order valence-electron chi connectivity index (χ2n) is 5.83. The van der Waals surface area contributed by atoms with Crippen LogP contribution < -0.4 is 0 Å². The van der Waals surface area contributed by atoms with Crippen LogP contribution in [0.1, 0.15) is 85.0 Å². The molecule has 0 saturated carbocycles. The normalized spacial score (nSPS) is 14.4.